The summed E-state index contributed by atoms with van der Waals surface area (Å²) in [7, 11) is 0. The van der Waals surface area contributed by atoms with Crippen LogP contribution in [0.1, 0.15) is 22.6 Å². The first-order chi connectivity index (χ1) is 13.3. The molecule has 0 saturated carbocycles. The van der Waals surface area contributed by atoms with Gasteiger partial charge in [-0.2, -0.15) is 18.2 Å². The number of nitrogens with one attached hydrogen (secondary N) is 3. The van der Waals surface area contributed by atoms with E-state index in [0.717, 1.165) is 6.07 Å². The van der Waals surface area contributed by atoms with Gasteiger partial charge in [0.2, 0.25) is 11.9 Å². The lowest BCUT2D eigenvalue weighted by molar-refractivity contribution is -0.137. The Morgan fingerprint density at radius 1 is 1.14 bits per heavy atom. The third kappa shape index (κ3) is 3.38. The summed E-state index contributed by atoms with van der Waals surface area (Å²) in [5.74, 6) is 0.625. The Balaban J connectivity index is 1.86. The Hall–Kier alpha value is -3.50. The maximum absolute atomic E-state index is 13.4. The maximum Gasteiger partial charge on any atom is 0.417 e. The molecule has 28 heavy (non-hydrogen) atoms. The Morgan fingerprint density at radius 2 is 1.93 bits per heavy atom. The van der Waals surface area contributed by atoms with E-state index in [1.165, 1.54) is 18.2 Å². The average Bonchev–Trinajstić information content (AvgIpc) is 3.05. The highest BCUT2D eigenvalue weighted by molar-refractivity contribution is 5.81. The lowest BCUT2D eigenvalue weighted by Crippen LogP contribution is -2.32. The van der Waals surface area contributed by atoms with Crippen LogP contribution in [0.2, 0.25) is 0 Å². The van der Waals surface area contributed by atoms with Crippen LogP contribution in [0.4, 0.5) is 24.9 Å². The highest BCUT2D eigenvalue weighted by atomic mass is 19.4. The van der Waals surface area contributed by atoms with Gasteiger partial charge in [-0.15, -0.1) is 5.10 Å². The van der Waals surface area contributed by atoms with Gasteiger partial charge in [0.15, 0.2) is 5.82 Å². The average molecular weight is 389 g/mol. The van der Waals surface area contributed by atoms with E-state index in [1.54, 1.807) is 6.92 Å². The number of rotatable bonds is 3. The van der Waals surface area contributed by atoms with Crippen molar-refractivity contribution in [3.05, 3.63) is 46.9 Å². The number of fused-ring (bicyclic) bond motifs is 1. The molecule has 0 saturated heterocycles. The van der Waals surface area contributed by atoms with Gasteiger partial charge in [0.05, 0.1) is 17.7 Å². The second kappa shape index (κ2) is 6.59. The number of H-pyrrole nitrogens is 1. The van der Waals surface area contributed by atoms with Crippen molar-refractivity contribution < 1.29 is 18.0 Å². The van der Waals surface area contributed by atoms with Crippen LogP contribution in [0.25, 0.3) is 11.4 Å². The smallest absolute Gasteiger partial charge is 0.351 e. The highest BCUT2D eigenvalue weighted by Crippen LogP contribution is 2.37. The molecule has 0 bridgehead atoms. The van der Waals surface area contributed by atoms with Crippen molar-refractivity contribution in [3.63, 3.8) is 0 Å². The van der Waals surface area contributed by atoms with Gasteiger partial charge in [-0.1, -0.05) is 18.2 Å². The number of halogens is 3. The van der Waals surface area contributed by atoms with Crippen LogP contribution in [-0.4, -0.2) is 31.1 Å². The first kappa shape index (κ1) is 17.9. The van der Waals surface area contributed by atoms with Crippen LogP contribution in [0.3, 0.4) is 0 Å². The van der Waals surface area contributed by atoms with Gasteiger partial charge in [-0.05, 0) is 13.0 Å². The van der Waals surface area contributed by atoms with Gasteiger partial charge in [0, 0.05) is 17.7 Å². The fourth-order valence-electron chi connectivity index (χ4n) is 2.92. The number of aromatic nitrogens is 5. The molecular weight excluding hydrogens is 375 g/mol. The minimum atomic E-state index is -4.57. The summed E-state index contributed by atoms with van der Waals surface area (Å²) in [4.78, 5) is 24.4. The molecule has 3 aromatic rings. The number of benzene rings is 1. The third-order valence-electron chi connectivity index (χ3n) is 4.18. The molecular formula is C17H14F3N7O. The van der Waals surface area contributed by atoms with Gasteiger partial charge in [-0.3, -0.25) is 9.89 Å². The van der Waals surface area contributed by atoms with Crippen LogP contribution in [0, 0.1) is 6.92 Å². The molecule has 0 unspecified atom stereocenters. The number of carbonyl (C=O) groups is 1. The summed E-state index contributed by atoms with van der Waals surface area (Å²) in [6.07, 6.45) is -4.62. The number of aromatic amines is 1. The van der Waals surface area contributed by atoms with E-state index in [-0.39, 0.29) is 42.0 Å². The van der Waals surface area contributed by atoms with Crippen molar-refractivity contribution in [2.75, 3.05) is 5.32 Å². The molecule has 8 nitrogen and oxygen atoms in total. The summed E-state index contributed by atoms with van der Waals surface area (Å²) >= 11 is 0. The standard InChI is InChI=1S/C17H14F3N7O/c1-8-22-16(27-26-8)25-15-10-7-21-13(28)6-12(10)23-14(24-15)9-4-2-3-5-11(9)17(18,19)20/h2-5H,6-7H2,1H3,(H,21,28)(H2,22,23,24,25,26,27). The van der Waals surface area contributed by atoms with Gasteiger partial charge in [0.1, 0.15) is 11.6 Å². The largest absolute Gasteiger partial charge is 0.417 e. The molecule has 1 aromatic carbocycles. The maximum atomic E-state index is 13.4. The van der Waals surface area contributed by atoms with Crippen LogP contribution in [0.15, 0.2) is 24.3 Å². The molecule has 0 atom stereocenters. The molecule has 144 valence electrons. The predicted molar refractivity (Wildman–Crippen MR) is 92.4 cm³/mol. The molecule has 0 fully saturated rings. The number of alkyl halides is 3. The molecule has 11 heteroatoms. The van der Waals surface area contributed by atoms with Gasteiger partial charge < -0.3 is 10.6 Å². The van der Waals surface area contributed by atoms with Crippen molar-refractivity contribution in [2.24, 2.45) is 0 Å². The quantitative estimate of drug-likeness (QED) is 0.635. The number of nitrogens with zero attached hydrogens (tertiary/aromatic N) is 4. The monoisotopic (exact) mass is 389 g/mol. The van der Waals surface area contributed by atoms with Crippen molar-refractivity contribution in [1.82, 2.24) is 30.5 Å². The molecule has 0 radical (unpaired) electrons. The minimum Gasteiger partial charge on any atom is -0.351 e. The number of anilines is 2. The SMILES string of the molecule is Cc1nc(Nc2nc(-c3ccccc3C(F)(F)F)nc3c2CNC(=O)C3)n[nH]1. The van der Waals surface area contributed by atoms with Crippen molar-refractivity contribution in [2.45, 2.75) is 26.1 Å². The summed E-state index contributed by atoms with van der Waals surface area (Å²) in [6, 6.07) is 5.05. The number of hydrogen-bond donors (Lipinski definition) is 3. The summed E-state index contributed by atoms with van der Waals surface area (Å²) in [6.45, 7) is 1.86. The van der Waals surface area contributed by atoms with Crippen LogP contribution < -0.4 is 10.6 Å². The number of aryl methyl sites for hydroxylation is 1. The zero-order valence-corrected chi connectivity index (χ0v) is 14.6. The fraction of sp³-hybridized carbons (Fsp3) is 0.235. The minimum absolute atomic E-state index is 0.0548. The lowest BCUT2D eigenvalue weighted by Gasteiger charge is -2.20. The first-order valence-electron chi connectivity index (χ1n) is 8.30. The normalized spacial score (nSPS) is 13.8. The van der Waals surface area contributed by atoms with E-state index in [4.69, 9.17) is 0 Å². The van der Waals surface area contributed by atoms with Gasteiger partial charge in [-0.25, -0.2) is 9.97 Å². The fourth-order valence-corrected chi connectivity index (χ4v) is 2.92. The van der Waals surface area contributed by atoms with E-state index in [9.17, 15) is 18.0 Å². The molecule has 0 spiro atoms. The molecule has 1 aliphatic heterocycles. The van der Waals surface area contributed by atoms with Crippen LogP contribution >= 0.6 is 0 Å². The second-order valence-corrected chi connectivity index (χ2v) is 6.19. The molecule has 2 aromatic heterocycles. The molecule has 1 amide bonds. The summed E-state index contributed by atoms with van der Waals surface area (Å²) in [5, 5.41) is 12.2. The van der Waals surface area contributed by atoms with E-state index in [2.05, 4.69) is 35.8 Å². The second-order valence-electron chi connectivity index (χ2n) is 6.19. The van der Waals surface area contributed by atoms with Gasteiger partial charge in [0.25, 0.3) is 0 Å². The zero-order valence-electron chi connectivity index (χ0n) is 14.6. The van der Waals surface area contributed by atoms with E-state index < -0.39 is 11.7 Å². The van der Waals surface area contributed by atoms with E-state index in [1.807, 2.05) is 0 Å². The Kier molecular flexibility index (Phi) is 4.21. The number of hydrogen-bond acceptors (Lipinski definition) is 6. The molecule has 4 rings (SSSR count). The molecule has 1 aliphatic rings. The molecule has 3 heterocycles. The van der Waals surface area contributed by atoms with E-state index >= 15 is 0 Å². The Bertz CT molecular complexity index is 1060. The van der Waals surface area contributed by atoms with Gasteiger partial charge >= 0.3 is 6.18 Å². The molecule has 3 N–H and O–H groups in total. The zero-order chi connectivity index (χ0) is 19.9. The highest BCUT2D eigenvalue weighted by Gasteiger charge is 2.34. The van der Waals surface area contributed by atoms with Crippen molar-refractivity contribution in [3.8, 4) is 11.4 Å². The Morgan fingerprint density at radius 3 is 2.64 bits per heavy atom. The van der Waals surface area contributed by atoms with E-state index in [0.29, 0.717) is 17.1 Å². The number of amides is 1. The van der Waals surface area contributed by atoms with Crippen molar-refractivity contribution >= 4 is 17.7 Å². The molecule has 0 aliphatic carbocycles. The summed E-state index contributed by atoms with van der Waals surface area (Å²) in [5.41, 5.74) is -0.0799. The topological polar surface area (TPSA) is 108 Å². The van der Waals surface area contributed by atoms with Crippen LogP contribution in [-0.2, 0) is 23.9 Å². The lowest BCUT2D eigenvalue weighted by atomic mass is 10.0. The first-order valence-corrected chi connectivity index (χ1v) is 8.30. The predicted octanol–water partition coefficient (Wildman–Crippen LogP) is 2.50. The Labute approximate surface area is 156 Å². The van der Waals surface area contributed by atoms with Crippen LogP contribution in [0.5, 0.6) is 0 Å². The number of carbonyl (C=O) groups excluding carboxylic acids is 1. The third-order valence-corrected chi connectivity index (χ3v) is 4.18. The summed E-state index contributed by atoms with van der Waals surface area (Å²) < 4.78 is 40.3. The van der Waals surface area contributed by atoms with Crippen molar-refractivity contribution in [1.29, 1.82) is 0 Å².